The van der Waals surface area contributed by atoms with Crippen LogP contribution in [0, 0.1) is 0 Å². The third kappa shape index (κ3) is 4.14. The first-order valence-electron chi connectivity index (χ1n) is 6.39. The normalized spacial score (nSPS) is 14.3. The highest BCUT2D eigenvalue weighted by Crippen LogP contribution is 2.21. The molecule has 0 saturated heterocycles. The van der Waals surface area contributed by atoms with E-state index in [2.05, 4.69) is 52.4 Å². The summed E-state index contributed by atoms with van der Waals surface area (Å²) in [5, 5.41) is 17.5. The summed E-state index contributed by atoms with van der Waals surface area (Å²) in [7, 11) is 0. The van der Waals surface area contributed by atoms with Crippen LogP contribution in [0.5, 0.6) is 0 Å². The Morgan fingerprint density at radius 2 is 1.95 bits per heavy atom. The van der Waals surface area contributed by atoms with Crippen LogP contribution in [-0.4, -0.2) is 11.7 Å². The van der Waals surface area contributed by atoms with E-state index in [9.17, 15) is 5.11 Å². The van der Waals surface area contributed by atoms with E-state index in [1.807, 2.05) is 16.8 Å². The number of hydrogen-bond acceptors (Lipinski definition) is 3. The SMILES string of the molecule is CCC(NCC(O)c1ccsc1)c1ccc(Br)cc1. The van der Waals surface area contributed by atoms with Gasteiger partial charge in [-0.05, 0) is 46.5 Å². The van der Waals surface area contributed by atoms with Crippen molar-refractivity contribution in [1.29, 1.82) is 0 Å². The molecule has 0 aliphatic rings. The van der Waals surface area contributed by atoms with Crippen molar-refractivity contribution < 1.29 is 5.11 Å². The second-order valence-corrected chi connectivity index (χ2v) is 6.19. The molecular formula is C15H18BrNOS. The lowest BCUT2D eigenvalue weighted by atomic mass is 10.0. The first-order chi connectivity index (χ1) is 9.20. The number of hydrogen-bond donors (Lipinski definition) is 2. The lowest BCUT2D eigenvalue weighted by Crippen LogP contribution is -2.26. The van der Waals surface area contributed by atoms with Crippen LogP contribution in [-0.2, 0) is 0 Å². The lowest BCUT2D eigenvalue weighted by Gasteiger charge is -2.19. The maximum absolute atomic E-state index is 10.1. The Labute approximate surface area is 126 Å². The standard InChI is InChI=1S/C15H18BrNOS/c1-2-14(11-3-5-13(16)6-4-11)17-9-15(18)12-7-8-19-10-12/h3-8,10,14-15,17-18H,2,9H2,1H3. The monoisotopic (exact) mass is 339 g/mol. The van der Waals surface area contributed by atoms with E-state index in [1.54, 1.807) is 11.3 Å². The summed E-state index contributed by atoms with van der Waals surface area (Å²) in [5.41, 5.74) is 2.24. The molecule has 1 heterocycles. The smallest absolute Gasteiger partial charge is 0.0922 e. The molecule has 102 valence electrons. The van der Waals surface area contributed by atoms with Gasteiger partial charge < -0.3 is 10.4 Å². The molecular weight excluding hydrogens is 322 g/mol. The molecule has 0 fully saturated rings. The minimum atomic E-state index is -0.434. The van der Waals surface area contributed by atoms with E-state index in [4.69, 9.17) is 0 Å². The highest BCUT2D eigenvalue weighted by atomic mass is 79.9. The number of aliphatic hydroxyl groups excluding tert-OH is 1. The van der Waals surface area contributed by atoms with Crippen molar-refractivity contribution in [3.63, 3.8) is 0 Å². The maximum atomic E-state index is 10.1. The Morgan fingerprint density at radius 1 is 1.21 bits per heavy atom. The Hall–Kier alpha value is -0.680. The summed E-state index contributed by atoms with van der Waals surface area (Å²) in [6.45, 7) is 2.72. The minimum absolute atomic E-state index is 0.279. The molecule has 2 atom stereocenters. The van der Waals surface area contributed by atoms with E-state index in [0.29, 0.717) is 6.54 Å². The highest BCUT2D eigenvalue weighted by molar-refractivity contribution is 9.10. The van der Waals surface area contributed by atoms with Crippen LogP contribution in [0.25, 0.3) is 0 Å². The predicted molar refractivity (Wildman–Crippen MR) is 84.5 cm³/mol. The number of thiophene rings is 1. The zero-order valence-corrected chi connectivity index (χ0v) is 13.2. The average Bonchev–Trinajstić information content (AvgIpc) is 2.95. The van der Waals surface area contributed by atoms with Crippen molar-refractivity contribution >= 4 is 27.3 Å². The van der Waals surface area contributed by atoms with Gasteiger partial charge in [-0.15, -0.1) is 0 Å². The fraction of sp³-hybridized carbons (Fsp3) is 0.333. The molecule has 1 aromatic heterocycles. The Morgan fingerprint density at radius 3 is 2.53 bits per heavy atom. The summed E-state index contributed by atoms with van der Waals surface area (Å²) in [6.07, 6.45) is 0.564. The van der Waals surface area contributed by atoms with Gasteiger partial charge in [-0.3, -0.25) is 0 Å². The van der Waals surface area contributed by atoms with Gasteiger partial charge in [-0.25, -0.2) is 0 Å². The topological polar surface area (TPSA) is 32.3 Å². The van der Waals surface area contributed by atoms with Gasteiger partial charge in [0.05, 0.1) is 6.10 Å². The van der Waals surface area contributed by atoms with Gasteiger partial charge in [0.1, 0.15) is 0 Å². The lowest BCUT2D eigenvalue weighted by molar-refractivity contribution is 0.170. The third-order valence-corrected chi connectivity index (χ3v) is 4.40. The Balaban J connectivity index is 1.94. The summed E-state index contributed by atoms with van der Waals surface area (Å²) in [4.78, 5) is 0. The Bertz CT molecular complexity index is 483. The number of halogens is 1. The van der Waals surface area contributed by atoms with Gasteiger partial charge in [0, 0.05) is 17.1 Å². The van der Waals surface area contributed by atoms with E-state index in [0.717, 1.165) is 16.5 Å². The average molecular weight is 340 g/mol. The van der Waals surface area contributed by atoms with Crippen LogP contribution < -0.4 is 5.32 Å². The minimum Gasteiger partial charge on any atom is -0.387 e. The van der Waals surface area contributed by atoms with Gasteiger partial charge >= 0.3 is 0 Å². The van der Waals surface area contributed by atoms with Gasteiger partial charge in [-0.1, -0.05) is 35.0 Å². The van der Waals surface area contributed by atoms with E-state index in [1.165, 1.54) is 5.56 Å². The molecule has 2 aromatic rings. The van der Waals surface area contributed by atoms with Crippen LogP contribution in [0.4, 0.5) is 0 Å². The summed E-state index contributed by atoms with van der Waals surface area (Å²) >= 11 is 5.06. The summed E-state index contributed by atoms with van der Waals surface area (Å²) in [5.74, 6) is 0. The van der Waals surface area contributed by atoms with Crippen LogP contribution in [0.15, 0.2) is 45.6 Å². The van der Waals surface area contributed by atoms with Gasteiger partial charge in [0.25, 0.3) is 0 Å². The molecule has 2 N–H and O–H groups in total. The molecule has 1 aromatic carbocycles. The van der Waals surface area contributed by atoms with Gasteiger partial charge in [0.15, 0.2) is 0 Å². The van der Waals surface area contributed by atoms with E-state index >= 15 is 0 Å². The molecule has 0 aliphatic carbocycles. The second-order valence-electron chi connectivity index (χ2n) is 4.49. The number of nitrogens with one attached hydrogen (secondary N) is 1. The zero-order valence-electron chi connectivity index (χ0n) is 10.8. The van der Waals surface area contributed by atoms with Gasteiger partial charge in [0.2, 0.25) is 0 Å². The van der Waals surface area contributed by atoms with Crippen molar-refractivity contribution in [1.82, 2.24) is 5.32 Å². The van der Waals surface area contributed by atoms with E-state index in [-0.39, 0.29) is 6.04 Å². The fourth-order valence-corrected chi connectivity index (χ4v) is 3.00. The molecule has 0 spiro atoms. The first kappa shape index (κ1) is 14.7. The predicted octanol–water partition coefficient (Wildman–Crippen LogP) is 4.28. The zero-order chi connectivity index (χ0) is 13.7. The molecule has 0 aliphatic heterocycles. The summed E-state index contributed by atoms with van der Waals surface area (Å²) in [6, 6.07) is 10.6. The van der Waals surface area contributed by atoms with Crippen LogP contribution >= 0.6 is 27.3 Å². The van der Waals surface area contributed by atoms with Crippen LogP contribution in [0.1, 0.15) is 36.6 Å². The molecule has 2 nitrogen and oxygen atoms in total. The molecule has 19 heavy (non-hydrogen) atoms. The molecule has 2 rings (SSSR count). The van der Waals surface area contributed by atoms with E-state index < -0.39 is 6.10 Å². The molecule has 2 unspecified atom stereocenters. The Kier molecular flexibility index (Phi) is 5.58. The first-order valence-corrected chi connectivity index (χ1v) is 8.13. The third-order valence-electron chi connectivity index (χ3n) is 3.17. The van der Waals surface area contributed by atoms with Crippen molar-refractivity contribution in [3.05, 3.63) is 56.7 Å². The van der Waals surface area contributed by atoms with Crippen molar-refractivity contribution in [3.8, 4) is 0 Å². The van der Waals surface area contributed by atoms with Crippen LogP contribution in [0.3, 0.4) is 0 Å². The second kappa shape index (κ2) is 7.20. The number of rotatable bonds is 6. The molecule has 0 radical (unpaired) electrons. The molecule has 0 saturated carbocycles. The number of aliphatic hydroxyl groups is 1. The highest BCUT2D eigenvalue weighted by Gasteiger charge is 2.12. The molecule has 0 amide bonds. The molecule has 4 heteroatoms. The number of benzene rings is 1. The van der Waals surface area contributed by atoms with Crippen molar-refractivity contribution in [2.45, 2.75) is 25.5 Å². The molecule has 0 bridgehead atoms. The maximum Gasteiger partial charge on any atom is 0.0922 e. The van der Waals surface area contributed by atoms with Crippen LogP contribution in [0.2, 0.25) is 0 Å². The van der Waals surface area contributed by atoms with Gasteiger partial charge in [-0.2, -0.15) is 11.3 Å². The summed E-state index contributed by atoms with van der Waals surface area (Å²) < 4.78 is 1.09. The van der Waals surface area contributed by atoms with Crippen molar-refractivity contribution in [2.75, 3.05) is 6.54 Å². The quantitative estimate of drug-likeness (QED) is 0.822. The van der Waals surface area contributed by atoms with Crippen molar-refractivity contribution in [2.24, 2.45) is 0 Å². The fourth-order valence-electron chi connectivity index (χ4n) is 2.03. The largest absolute Gasteiger partial charge is 0.387 e.